The molecule has 5 atom stereocenters. The first-order valence-corrected chi connectivity index (χ1v) is 10.6. The molecule has 182 valence electrons. The van der Waals surface area contributed by atoms with Crippen molar-refractivity contribution in [3.8, 4) is 5.75 Å². The predicted molar refractivity (Wildman–Crippen MR) is 117 cm³/mol. The number of ether oxygens (including phenoxy) is 6. The van der Waals surface area contributed by atoms with Gasteiger partial charge < -0.3 is 28.4 Å². The van der Waals surface area contributed by atoms with Crippen molar-refractivity contribution < 1.29 is 47.6 Å². The standard InChI is InChI=1S/C24H26O10/c1-13(25)29-12-20-21(30-14(2)26)22(31-15(3)27)23(32-16(4)28)24(34-20)33-19-10-9-17-7-5-6-8-18(17)11-19/h5-11,20-24H,12H2,1-4H3/t20-,21+,22-,23-,24+/m0/s1. The van der Waals surface area contributed by atoms with Gasteiger partial charge in [0.1, 0.15) is 18.5 Å². The molecule has 0 unspecified atom stereocenters. The highest BCUT2D eigenvalue weighted by molar-refractivity contribution is 5.83. The quantitative estimate of drug-likeness (QED) is 0.436. The lowest BCUT2D eigenvalue weighted by molar-refractivity contribution is -0.288. The summed E-state index contributed by atoms with van der Waals surface area (Å²) in [6, 6.07) is 12.9. The maximum Gasteiger partial charge on any atom is 0.303 e. The van der Waals surface area contributed by atoms with Crippen molar-refractivity contribution in [1.29, 1.82) is 0 Å². The van der Waals surface area contributed by atoms with Gasteiger partial charge >= 0.3 is 23.9 Å². The number of benzene rings is 2. The Balaban J connectivity index is 1.98. The van der Waals surface area contributed by atoms with Crippen LogP contribution < -0.4 is 4.74 Å². The van der Waals surface area contributed by atoms with E-state index >= 15 is 0 Å². The minimum absolute atomic E-state index is 0.324. The van der Waals surface area contributed by atoms with Crippen molar-refractivity contribution in [3.63, 3.8) is 0 Å². The largest absolute Gasteiger partial charge is 0.463 e. The SMILES string of the molecule is CC(=O)OC[C@@H]1O[C@@H](Oc2ccc3ccccc3c2)[C@@H](OC(C)=O)[C@@H](OC(C)=O)[C@@H]1OC(C)=O. The van der Waals surface area contributed by atoms with E-state index in [9.17, 15) is 19.2 Å². The topological polar surface area (TPSA) is 124 Å². The number of hydrogen-bond acceptors (Lipinski definition) is 10. The van der Waals surface area contributed by atoms with Crippen LogP contribution in [0.5, 0.6) is 5.75 Å². The first-order chi connectivity index (χ1) is 16.1. The zero-order chi connectivity index (χ0) is 24.8. The van der Waals surface area contributed by atoms with Gasteiger partial charge in [-0.2, -0.15) is 0 Å². The van der Waals surface area contributed by atoms with Gasteiger partial charge in [0.25, 0.3) is 0 Å². The predicted octanol–water partition coefficient (Wildman–Crippen LogP) is 2.30. The molecule has 1 aliphatic rings. The average Bonchev–Trinajstić information content (AvgIpc) is 2.75. The Morgan fingerprint density at radius 1 is 0.735 bits per heavy atom. The van der Waals surface area contributed by atoms with Gasteiger partial charge in [0, 0.05) is 27.7 Å². The van der Waals surface area contributed by atoms with Crippen molar-refractivity contribution in [2.24, 2.45) is 0 Å². The third-order valence-electron chi connectivity index (χ3n) is 4.92. The molecule has 0 amide bonds. The van der Waals surface area contributed by atoms with Crippen LogP contribution in [0.2, 0.25) is 0 Å². The summed E-state index contributed by atoms with van der Waals surface area (Å²) in [7, 11) is 0. The Kier molecular flexibility index (Phi) is 8.06. The molecule has 0 saturated carbocycles. The number of esters is 4. The number of fused-ring (bicyclic) bond motifs is 1. The molecule has 3 rings (SSSR count). The Hall–Kier alpha value is -3.66. The molecule has 0 aromatic heterocycles. The summed E-state index contributed by atoms with van der Waals surface area (Å²) in [5.74, 6) is -2.31. The second-order valence-electron chi connectivity index (χ2n) is 7.69. The molecular weight excluding hydrogens is 448 g/mol. The van der Waals surface area contributed by atoms with Gasteiger partial charge in [-0.3, -0.25) is 19.2 Å². The van der Waals surface area contributed by atoms with E-state index in [1.165, 1.54) is 13.8 Å². The van der Waals surface area contributed by atoms with Gasteiger partial charge in [-0.15, -0.1) is 0 Å². The molecule has 0 aliphatic carbocycles. The second kappa shape index (κ2) is 11.0. The lowest BCUT2D eigenvalue weighted by Gasteiger charge is -2.43. The lowest BCUT2D eigenvalue weighted by atomic mass is 9.98. The molecule has 10 heteroatoms. The van der Waals surface area contributed by atoms with Gasteiger partial charge in [0.05, 0.1) is 0 Å². The fraction of sp³-hybridized carbons (Fsp3) is 0.417. The Bertz CT molecular complexity index is 1060. The summed E-state index contributed by atoms with van der Waals surface area (Å²) in [5.41, 5.74) is 0. The number of rotatable bonds is 7. The zero-order valence-corrected chi connectivity index (χ0v) is 19.2. The second-order valence-corrected chi connectivity index (χ2v) is 7.69. The van der Waals surface area contributed by atoms with Crippen LogP contribution in [-0.2, 0) is 42.9 Å². The van der Waals surface area contributed by atoms with Crippen molar-refractivity contribution in [1.82, 2.24) is 0 Å². The summed E-state index contributed by atoms with van der Waals surface area (Å²) in [6.45, 7) is 4.37. The molecule has 10 nitrogen and oxygen atoms in total. The van der Waals surface area contributed by atoms with Crippen LogP contribution in [-0.4, -0.2) is 61.2 Å². The zero-order valence-electron chi connectivity index (χ0n) is 19.2. The maximum absolute atomic E-state index is 11.9. The summed E-state index contributed by atoms with van der Waals surface area (Å²) < 4.78 is 33.1. The minimum Gasteiger partial charge on any atom is -0.463 e. The normalized spacial score (nSPS) is 24.1. The Morgan fingerprint density at radius 2 is 1.32 bits per heavy atom. The molecule has 1 heterocycles. The molecule has 1 aliphatic heterocycles. The molecule has 0 spiro atoms. The highest BCUT2D eigenvalue weighted by Crippen LogP contribution is 2.31. The summed E-state index contributed by atoms with van der Waals surface area (Å²) in [5, 5.41) is 1.88. The summed E-state index contributed by atoms with van der Waals surface area (Å²) in [4.78, 5) is 47.0. The molecule has 0 radical (unpaired) electrons. The van der Waals surface area contributed by atoms with Crippen molar-refractivity contribution in [2.75, 3.05) is 6.61 Å². The van der Waals surface area contributed by atoms with Crippen LogP contribution in [0.15, 0.2) is 42.5 Å². The Labute approximate surface area is 196 Å². The Morgan fingerprint density at radius 3 is 1.94 bits per heavy atom. The molecule has 0 N–H and O–H groups in total. The van der Waals surface area contributed by atoms with Gasteiger partial charge in [0.15, 0.2) is 12.2 Å². The first kappa shape index (κ1) is 25.0. The van der Waals surface area contributed by atoms with Gasteiger partial charge in [-0.05, 0) is 22.9 Å². The van der Waals surface area contributed by atoms with Crippen molar-refractivity contribution in [2.45, 2.75) is 58.4 Å². The number of hydrogen-bond donors (Lipinski definition) is 0. The maximum atomic E-state index is 11.9. The van der Waals surface area contributed by atoms with E-state index in [0.717, 1.165) is 24.6 Å². The van der Waals surface area contributed by atoms with E-state index in [-0.39, 0.29) is 6.61 Å². The van der Waals surface area contributed by atoms with E-state index in [0.29, 0.717) is 5.75 Å². The number of carbonyl (C=O) groups excluding carboxylic acids is 4. The van der Waals surface area contributed by atoms with Crippen molar-refractivity contribution in [3.05, 3.63) is 42.5 Å². The lowest BCUT2D eigenvalue weighted by Crippen LogP contribution is -2.63. The first-order valence-electron chi connectivity index (χ1n) is 10.6. The van der Waals surface area contributed by atoms with E-state index in [4.69, 9.17) is 28.4 Å². The van der Waals surface area contributed by atoms with Crippen LogP contribution in [0.1, 0.15) is 27.7 Å². The molecule has 2 aromatic carbocycles. The molecule has 2 aromatic rings. The van der Waals surface area contributed by atoms with Gasteiger partial charge in [-0.25, -0.2) is 0 Å². The smallest absolute Gasteiger partial charge is 0.303 e. The molecular formula is C24H26O10. The minimum atomic E-state index is -1.29. The van der Waals surface area contributed by atoms with Gasteiger partial charge in [-0.1, -0.05) is 30.3 Å². The molecule has 1 fully saturated rings. The molecule has 0 bridgehead atoms. The van der Waals surface area contributed by atoms with E-state index in [1.807, 2.05) is 30.3 Å². The monoisotopic (exact) mass is 474 g/mol. The van der Waals surface area contributed by atoms with Crippen molar-refractivity contribution >= 4 is 34.6 Å². The van der Waals surface area contributed by atoms with Crippen LogP contribution in [0, 0.1) is 0 Å². The van der Waals surface area contributed by atoms with Crippen LogP contribution in [0.4, 0.5) is 0 Å². The van der Waals surface area contributed by atoms with E-state index in [1.54, 1.807) is 12.1 Å². The van der Waals surface area contributed by atoms with Crippen LogP contribution in [0.25, 0.3) is 10.8 Å². The van der Waals surface area contributed by atoms with Crippen LogP contribution >= 0.6 is 0 Å². The third-order valence-corrected chi connectivity index (χ3v) is 4.92. The fourth-order valence-electron chi connectivity index (χ4n) is 3.66. The summed E-state index contributed by atoms with van der Waals surface area (Å²) >= 11 is 0. The van der Waals surface area contributed by atoms with E-state index < -0.39 is 54.6 Å². The highest BCUT2D eigenvalue weighted by atomic mass is 16.7. The molecule has 34 heavy (non-hydrogen) atoms. The third kappa shape index (κ3) is 6.44. The average molecular weight is 474 g/mol. The van der Waals surface area contributed by atoms with Gasteiger partial charge in [0.2, 0.25) is 12.4 Å². The summed E-state index contributed by atoms with van der Waals surface area (Å²) in [6.07, 6.45) is -6.16. The number of carbonyl (C=O) groups is 4. The molecule has 1 saturated heterocycles. The van der Waals surface area contributed by atoms with Crippen LogP contribution in [0.3, 0.4) is 0 Å². The van der Waals surface area contributed by atoms with E-state index in [2.05, 4.69) is 0 Å². The highest BCUT2D eigenvalue weighted by Gasteiger charge is 2.53. The fourth-order valence-corrected chi connectivity index (χ4v) is 3.66.